The van der Waals surface area contributed by atoms with Crippen molar-refractivity contribution in [1.82, 2.24) is 4.90 Å². The SMILES string of the molecule is NC(=NO)C1CCN(C(=O)c2c(F)cc(F)cc2F)CC1. The van der Waals surface area contributed by atoms with Crippen molar-refractivity contribution in [2.24, 2.45) is 16.8 Å². The van der Waals surface area contributed by atoms with Crippen LogP contribution in [0, 0.1) is 23.4 Å². The summed E-state index contributed by atoms with van der Waals surface area (Å²) in [5.41, 5.74) is 4.71. The first-order valence-electron chi connectivity index (χ1n) is 6.35. The van der Waals surface area contributed by atoms with Crippen molar-refractivity contribution in [2.45, 2.75) is 12.8 Å². The highest BCUT2D eigenvalue weighted by atomic mass is 19.1. The summed E-state index contributed by atoms with van der Waals surface area (Å²) >= 11 is 0. The molecule has 1 heterocycles. The van der Waals surface area contributed by atoms with Gasteiger partial charge in [0.05, 0.1) is 0 Å². The highest BCUT2D eigenvalue weighted by Crippen LogP contribution is 2.22. The van der Waals surface area contributed by atoms with E-state index < -0.39 is 28.9 Å². The van der Waals surface area contributed by atoms with Crippen LogP contribution in [0.1, 0.15) is 23.2 Å². The van der Waals surface area contributed by atoms with Crippen molar-refractivity contribution >= 4 is 11.7 Å². The largest absolute Gasteiger partial charge is 0.409 e. The molecule has 114 valence electrons. The van der Waals surface area contributed by atoms with Crippen LogP contribution in [0.4, 0.5) is 13.2 Å². The maximum atomic E-state index is 13.6. The zero-order valence-electron chi connectivity index (χ0n) is 11.0. The molecule has 1 aliphatic rings. The molecule has 0 radical (unpaired) electrons. The van der Waals surface area contributed by atoms with Crippen molar-refractivity contribution in [3.05, 3.63) is 35.1 Å². The molecule has 2 rings (SSSR count). The summed E-state index contributed by atoms with van der Waals surface area (Å²) in [5.74, 6) is -4.47. The summed E-state index contributed by atoms with van der Waals surface area (Å²) in [6.07, 6.45) is 0.845. The summed E-state index contributed by atoms with van der Waals surface area (Å²) in [6.45, 7) is 0.436. The Morgan fingerprint density at radius 1 is 1.24 bits per heavy atom. The van der Waals surface area contributed by atoms with Gasteiger partial charge in [-0.25, -0.2) is 13.2 Å². The second-order valence-electron chi connectivity index (χ2n) is 4.84. The number of nitrogens with two attached hydrogens (primary N) is 1. The van der Waals surface area contributed by atoms with Crippen LogP contribution in [0.15, 0.2) is 17.3 Å². The molecule has 0 saturated carbocycles. The number of carbonyl (C=O) groups is 1. The lowest BCUT2D eigenvalue weighted by Gasteiger charge is -2.31. The van der Waals surface area contributed by atoms with Crippen LogP contribution in [0.25, 0.3) is 0 Å². The molecule has 1 fully saturated rings. The Labute approximate surface area is 118 Å². The van der Waals surface area contributed by atoms with Gasteiger partial charge in [0.15, 0.2) is 0 Å². The fraction of sp³-hybridized carbons (Fsp3) is 0.385. The number of oxime groups is 1. The minimum atomic E-state index is -1.23. The number of hydrogen-bond donors (Lipinski definition) is 2. The number of benzene rings is 1. The molecular weight excluding hydrogens is 287 g/mol. The molecule has 1 aromatic rings. The molecule has 0 aromatic heterocycles. The number of carbonyl (C=O) groups excluding carboxylic acids is 1. The van der Waals surface area contributed by atoms with E-state index in [0.717, 1.165) is 0 Å². The lowest BCUT2D eigenvalue weighted by molar-refractivity contribution is 0.0699. The molecule has 8 heteroatoms. The van der Waals surface area contributed by atoms with Crippen molar-refractivity contribution in [3.8, 4) is 0 Å². The molecular formula is C13H14F3N3O2. The molecule has 0 bridgehead atoms. The Kier molecular flexibility index (Phi) is 4.35. The Balaban J connectivity index is 2.13. The van der Waals surface area contributed by atoms with Crippen LogP contribution >= 0.6 is 0 Å². The first-order valence-corrected chi connectivity index (χ1v) is 6.35. The third-order valence-corrected chi connectivity index (χ3v) is 3.54. The smallest absolute Gasteiger partial charge is 0.259 e. The Bertz CT molecular complexity index is 561. The molecule has 5 nitrogen and oxygen atoms in total. The van der Waals surface area contributed by atoms with E-state index in [4.69, 9.17) is 10.9 Å². The summed E-state index contributed by atoms with van der Waals surface area (Å²) in [7, 11) is 0. The van der Waals surface area contributed by atoms with E-state index in [1.165, 1.54) is 4.90 Å². The Morgan fingerprint density at radius 2 is 1.76 bits per heavy atom. The number of amidine groups is 1. The summed E-state index contributed by atoms with van der Waals surface area (Å²) < 4.78 is 40.0. The minimum Gasteiger partial charge on any atom is -0.409 e. The molecule has 0 spiro atoms. The van der Waals surface area contributed by atoms with Crippen LogP contribution in [0.3, 0.4) is 0 Å². The molecule has 1 aliphatic heterocycles. The lowest BCUT2D eigenvalue weighted by Crippen LogP contribution is -2.42. The summed E-state index contributed by atoms with van der Waals surface area (Å²) in [4.78, 5) is 13.4. The van der Waals surface area contributed by atoms with Crippen LogP contribution in [0.2, 0.25) is 0 Å². The molecule has 1 aromatic carbocycles. The summed E-state index contributed by atoms with van der Waals surface area (Å²) in [6, 6.07) is 0.943. The van der Waals surface area contributed by atoms with Crippen molar-refractivity contribution in [3.63, 3.8) is 0 Å². The molecule has 0 aliphatic carbocycles. The maximum Gasteiger partial charge on any atom is 0.259 e. The average molecular weight is 301 g/mol. The van der Waals surface area contributed by atoms with Gasteiger partial charge in [0.1, 0.15) is 28.9 Å². The fourth-order valence-corrected chi connectivity index (χ4v) is 2.36. The minimum absolute atomic E-state index is 0.0706. The molecule has 3 N–H and O–H groups in total. The number of amides is 1. The van der Waals surface area contributed by atoms with Gasteiger partial charge in [-0.15, -0.1) is 0 Å². The third kappa shape index (κ3) is 3.09. The van der Waals surface area contributed by atoms with Crippen molar-refractivity contribution in [2.75, 3.05) is 13.1 Å². The van der Waals surface area contributed by atoms with Crippen molar-refractivity contribution in [1.29, 1.82) is 0 Å². The second-order valence-corrected chi connectivity index (χ2v) is 4.84. The van der Waals surface area contributed by atoms with E-state index in [1.54, 1.807) is 0 Å². The Morgan fingerprint density at radius 3 is 2.24 bits per heavy atom. The normalized spacial score (nSPS) is 17.1. The maximum absolute atomic E-state index is 13.6. The highest BCUT2D eigenvalue weighted by molar-refractivity contribution is 5.95. The molecule has 1 amide bonds. The van der Waals surface area contributed by atoms with Gasteiger partial charge in [-0.3, -0.25) is 4.79 Å². The number of hydrogen-bond acceptors (Lipinski definition) is 3. The predicted molar refractivity (Wildman–Crippen MR) is 68.4 cm³/mol. The number of nitrogens with zero attached hydrogens (tertiary/aromatic N) is 2. The standard InChI is InChI=1S/C13H14F3N3O2/c14-8-5-9(15)11(10(16)6-8)13(20)19-3-1-7(2-4-19)12(17)18-21/h5-7,21H,1-4H2,(H2,17,18). The van der Waals surface area contributed by atoms with Crippen LogP contribution in [-0.2, 0) is 0 Å². The van der Waals surface area contributed by atoms with Gasteiger partial charge >= 0.3 is 0 Å². The van der Waals surface area contributed by atoms with E-state index in [2.05, 4.69) is 5.16 Å². The molecule has 21 heavy (non-hydrogen) atoms. The average Bonchev–Trinajstić information content (AvgIpc) is 2.45. The predicted octanol–water partition coefficient (Wildman–Crippen LogP) is 1.70. The van der Waals surface area contributed by atoms with Crippen LogP contribution < -0.4 is 5.73 Å². The number of piperidine rings is 1. The quantitative estimate of drug-likeness (QED) is 0.378. The van der Waals surface area contributed by atoms with Gasteiger partial charge in [-0.1, -0.05) is 5.16 Å². The van der Waals surface area contributed by atoms with E-state index in [0.29, 0.717) is 25.0 Å². The van der Waals surface area contributed by atoms with Crippen LogP contribution in [0.5, 0.6) is 0 Å². The molecule has 0 unspecified atom stereocenters. The Hall–Kier alpha value is -2.25. The first-order chi connectivity index (χ1) is 9.93. The zero-order valence-corrected chi connectivity index (χ0v) is 11.0. The lowest BCUT2D eigenvalue weighted by atomic mass is 9.95. The van der Waals surface area contributed by atoms with Gasteiger partial charge in [-0.2, -0.15) is 0 Å². The number of rotatable bonds is 2. The van der Waals surface area contributed by atoms with Gasteiger partial charge in [0, 0.05) is 31.1 Å². The monoisotopic (exact) mass is 301 g/mol. The van der Waals surface area contributed by atoms with Gasteiger partial charge in [0.25, 0.3) is 5.91 Å². The zero-order chi connectivity index (χ0) is 15.6. The summed E-state index contributed by atoms with van der Waals surface area (Å²) in [5, 5.41) is 11.5. The van der Waals surface area contributed by atoms with Gasteiger partial charge < -0.3 is 15.8 Å². The van der Waals surface area contributed by atoms with E-state index >= 15 is 0 Å². The molecule has 0 atom stereocenters. The van der Waals surface area contributed by atoms with Gasteiger partial charge in [0.2, 0.25) is 0 Å². The van der Waals surface area contributed by atoms with E-state index in [1.807, 2.05) is 0 Å². The van der Waals surface area contributed by atoms with Crippen LogP contribution in [-0.4, -0.2) is 34.9 Å². The first kappa shape index (κ1) is 15.1. The van der Waals surface area contributed by atoms with E-state index in [-0.39, 0.29) is 24.8 Å². The van der Waals surface area contributed by atoms with Gasteiger partial charge in [-0.05, 0) is 12.8 Å². The third-order valence-electron chi connectivity index (χ3n) is 3.54. The topological polar surface area (TPSA) is 78.9 Å². The van der Waals surface area contributed by atoms with Crippen molar-refractivity contribution < 1.29 is 23.2 Å². The fourth-order valence-electron chi connectivity index (χ4n) is 2.36. The molecule has 1 saturated heterocycles. The van der Waals surface area contributed by atoms with E-state index in [9.17, 15) is 18.0 Å². The number of halogens is 3. The highest BCUT2D eigenvalue weighted by Gasteiger charge is 2.29. The second kappa shape index (κ2) is 6.02. The number of likely N-dealkylation sites (tertiary alicyclic amines) is 1.